The van der Waals surface area contributed by atoms with Crippen LogP contribution in [0.2, 0.25) is 0 Å². The second-order valence-electron chi connectivity index (χ2n) is 2.91. The molecule has 2 heteroatoms. The molecule has 0 saturated carbocycles. The minimum Gasteiger partial charge on any atom is -0.265 e. The molecule has 60 valence electrons. The lowest BCUT2D eigenvalue weighted by atomic mass is 10.1. The maximum atomic E-state index is 4.25. The molecule has 0 saturated heterocycles. The maximum Gasteiger partial charge on any atom is 0.0680 e. The Bertz CT molecular complexity index is 336. The molecule has 0 bridgehead atoms. The largest absolute Gasteiger partial charge is 0.265 e. The highest BCUT2D eigenvalue weighted by Gasteiger charge is 2.08. The van der Waals surface area contributed by atoms with Gasteiger partial charge in [0.1, 0.15) is 0 Å². The third kappa shape index (κ3) is 1.28. The zero-order valence-corrected chi connectivity index (χ0v) is 6.99. The monoisotopic (exact) mass is 158 g/mol. The van der Waals surface area contributed by atoms with Gasteiger partial charge in [-0.3, -0.25) is 9.98 Å². The summed E-state index contributed by atoms with van der Waals surface area (Å²) in [6.45, 7) is 2.03. The summed E-state index contributed by atoms with van der Waals surface area (Å²) in [5.74, 6) is 0. The van der Waals surface area contributed by atoms with E-state index in [9.17, 15) is 0 Å². The lowest BCUT2D eigenvalue weighted by molar-refractivity contribution is 1.25. The average molecular weight is 158 g/mol. The Morgan fingerprint density at radius 3 is 2.83 bits per heavy atom. The van der Waals surface area contributed by atoms with Crippen molar-refractivity contribution in [2.45, 2.75) is 13.3 Å². The zero-order chi connectivity index (χ0) is 8.39. The van der Waals surface area contributed by atoms with Gasteiger partial charge in [0.25, 0.3) is 0 Å². The van der Waals surface area contributed by atoms with Crippen LogP contribution >= 0.6 is 0 Å². The number of nitrogens with zero attached hydrogens (tertiary/aromatic N) is 2. The van der Waals surface area contributed by atoms with Crippen LogP contribution in [0.4, 0.5) is 0 Å². The first-order valence-corrected chi connectivity index (χ1v) is 4.00. The zero-order valence-electron chi connectivity index (χ0n) is 6.99. The fraction of sp³-hybridized carbons (Fsp3) is 0.200. The molecular weight excluding hydrogens is 148 g/mol. The van der Waals surface area contributed by atoms with Crippen LogP contribution in [0, 0.1) is 0 Å². The lowest BCUT2D eigenvalue weighted by Crippen LogP contribution is -1.89. The minimum atomic E-state index is 0.941. The van der Waals surface area contributed by atoms with Crippen molar-refractivity contribution in [3.05, 3.63) is 36.3 Å². The normalized spacial score (nSPS) is 15.8. The van der Waals surface area contributed by atoms with Gasteiger partial charge in [0.05, 0.1) is 5.69 Å². The number of allylic oxidation sites excluding steroid dienone is 1. The van der Waals surface area contributed by atoms with Crippen LogP contribution in [0.5, 0.6) is 0 Å². The lowest BCUT2D eigenvalue weighted by Gasteiger charge is -1.98. The Kier molecular flexibility index (Phi) is 1.74. The second-order valence-corrected chi connectivity index (χ2v) is 2.91. The summed E-state index contributed by atoms with van der Waals surface area (Å²) in [7, 11) is 0. The van der Waals surface area contributed by atoms with E-state index in [0.29, 0.717) is 0 Å². The van der Waals surface area contributed by atoms with Crippen LogP contribution in [-0.2, 0) is 0 Å². The molecule has 2 nitrogen and oxygen atoms in total. The molecule has 0 atom stereocenters. The Labute approximate surface area is 71.7 Å². The van der Waals surface area contributed by atoms with Crippen molar-refractivity contribution in [2.24, 2.45) is 4.99 Å². The van der Waals surface area contributed by atoms with Gasteiger partial charge in [-0.05, 0) is 19.1 Å². The third-order valence-corrected chi connectivity index (χ3v) is 1.88. The summed E-state index contributed by atoms with van der Waals surface area (Å²) in [4.78, 5) is 8.46. The number of hydrogen-bond acceptors (Lipinski definition) is 2. The third-order valence-electron chi connectivity index (χ3n) is 1.88. The number of hydrogen-bond donors (Lipinski definition) is 0. The fourth-order valence-corrected chi connectivity index (χ4v) is 1.26. The fourth-order valence-electron chi connectivity index (χ4n) is 1.26. The van der Waals surface area contributed by atoms with E-state index in [-0.39, 0.29) is 0 Å². The van der Waals surface area contributed by atoms with Gasteiger partial charge < -0.3 is 0 Å². The van der Waals surface area contributed by atoms with Crippen LogP contribution in [0.1, 0.15) is 19.0 Å². The summed E-state index contributed by atoms with van der Waals surface area (Å²) in [6, 6.07) is 5.93. The summed E-state index contributed by atoms with van der Waals surface area (Å²) in [5.41, 5.74) is 3.42. The Morgan fingerprint density at radius 1 is 1.33 bits per heavy atom. The molecule has 0 radical (unpaired) electrons. The molecule has 1 aliphatic rings. The summed E-state index contributed by atoms with van der Waals surface area (Å²) >= 11 is 0. The Hall–Kier alpha value is -1.44. The highest BCUT2D eigenvalue weighted by atomic mass is 14.8. The molecule has 0 spiro atoms. The molecule has 2 rings (SSSR count). The van der Waals surface area contributed by atoms with E-state index in [4.69, 9.17) is 0 Å². The molecule has 2 heterocycles. The van der Waals surface area contributed by atoms with E-state index >= 15 is 0 Å². The van der Waals surface area contributed by atoms with Gasteiger partial charge in [0.15, 0.2) is 0 Å². The number of pyridine rings is 1. The van der Waals surface area contributed by atoms with Gasteiger partial charge in [0.2, 0.25) is 0 Å². The second kappa shape index (κ2) is 2.89. The van der Waals surface area contributed by atoms with Crippen molar-refractivity contribution in [3.8, 4) is 0 Å². The highest BCUT2D eigenvalue weighted by Crippen LogP contribution is 2.20. The van der Waals surface area contributed by atoms with E-state index in [1.165, 1.54) is 5.57 Å². The van der Waals surface area contributed by atoms with Gasteiger partial charge in [-0.2, -0.15) is 0 Å². The topological polar surface area (TPSA) is 25.2 Å². The molecule has 0 N–H and O–H groups in total. The van der Waals surface area contributed by atoms with Gasteiger partial charge >= 0.3 is 0 Å². The van der Waals surface area contributed by atoms with E-state index in [1.807, 2.05) is 37.5 Å². The molecule has 0 fully saturated rings. The summed E-state index contributed by atoms with van der Waals surface area (Å²) in [6.07, 6.45) is 4.65. The smallest absolute Gasteiger partial charge is 0.0680 e. The van der Waals surface area contributed by atoms with Crippen molar-refractivity contribution in [2.75, 3.05) is 0 Å². The van der Waals surface area contributed by atoms with E-state index in [0.717, 1.165) is 17.8 Å². The average Bonchev–Trinajstić information content (AvgIpc) is 2.54. The molecule has 0 aliphatic carbocycles. The molecule has 12 heavy (non-hydrogen) atoms. The Morgan fingerprint density at radius 2 is 2.25 bits per heavy atom. The van der Waals surface area contributed by atoms with Crippen molar-refractivity contribution in [3.63, 3.8) is 0 Å². The SMILES string of the molecule is CC1=NC=C(c2ccccn2)C1. The molecule has 0 aromatic carbocycles. The molecule has 0 unspecified atom stereocenters. The van der Waals surface area contributed by atoms with Gasteiger partial charge in [-0.15, -0.1) is 0 Å². The van der Waals surface area contributed by atoms with Crippen molar-refractivity contribution < 1.29 is 0 Å². The number of aliphatic imine (C=N–C) groups is 1. The van der Waals surface area contributed by atoms with Crippen LogP contribution < -0.4 is 0 Å². The maximum absolute atomic E-state index is 4.25. The molecular formula is C10H10N2. The van der Waals surface area contributed by atoms with E-state index in [1.54, 1.807) is 0 Å². The van der Waals surface area contributed by atoms with Gasteiger partial charge in [0, 0.05) is 30.1 Å². The summed E-state index contributed by atoms with van der Waals surface area (Å²) < 4.78 is 0. The number of rotatable bonds is 1. The van der Waals surface area contributed by atoms with Crippen molar-refractivity contribution in [1.29, 1.82) is 0 Å². The van der Waals surface area contributed by atoms with Crippen LogP contribution in [0.15, 0.2) is 35.6 Å². The number of aromatic nitrogens is 1. The van der Waals surface area contributed by atoms with Crippen molar-refractivity contribution >= 4 is 11.3 Å². The van der Waals surface area contributed by atoms with Crippen LogP contribution in [0.25, 0.3) is 5.57 Å². The van der Waals surface area contributed by atoms with Crippen LogP contribution in [-0.4, -0.2) is 10.7 Å². The predicted octanol–water partition coefficient (Wildman–Crippen LogP) is 2.29. The quantitative estimate of drug-likeness (QED) is 0.615. The first kappa shape index (κ1) is 7.22. The summed E-state index contributed by atoms with van der Waals surface area (Å²) in [5, 5.41) is 0. The van der Waals surface area contributed by atoms with Gasteiger partial charge in [-0.25, -0.2) is 0 Å². The molecule has 1 aromatic heterocycles. The predicted molar refractivity (Wildman–Crippen MR) is 49.9 cm³/mol. The standard InChI is InChI=1S/C10H10N2/c1-8-6-9(7-12-8)10-4-2-3-5-11-10/h2-5,7H,6H2,1H3. The first-order valence-electron chi connectivity index (χ1n) is 4.00. The first-order chi connectivity index (χ1) is 5.86. The van der Waals surface area contributed by atoms with Crippen molar-refractivity contribution in [1.82, 2.24) is 4.98 Å². The van der Waals surface area contributed by atoms with Gasteiger partial charge in [-0.1, -0.05) is 6.07 Å². The van der Waals surface area contributed by atoms with E-state index < -0.39 is 0 Å². The highest BCUT2D eigenvalue weighted by molar-refractivity contribution is 5.96. The van der Waals surface area contributed by atoms with E-state index in [2.05, 4.69) is 9.98 Å². The minimum absolute atomic E-state index is 0.941. The Balaban J connectivity index is 2.25. The molecule has 1 aliphatic heterocycles. The van der Waals surface area contributed by atoms with Crippen LogP contribution in [0.3, 0.4) is 0 Å². The molecule has 0 amide bonds. The molecule has 1 aromatic rings.